The molecule has 0 bridgehead atoms. The molecule has 16 nitrogen and oxygen atoms in total. The average molecular weight is 1050 g/mol. The van der Waals surface area contributed by atoms with Gasteiger partial charge in [-0.1, -0.05) is 56.7 Å². The first-order valence-corrected chi connectivity index (χ1v) is 27.4. The smallest absolute Gasteiger partial charge is 0.243 e. The summed E-state index contributed by atoms with van der Waals surface area (Å²) in [6.07, 6.45) is 5.04. The molecule has 2 aromatic heterocycles. The van der Waals surface area contributed by atoms with Crippen LogP contribution in [0.2, 0.25) is 0 Å². The highest BCUT2D eigenvalue weighted by Crippen LogP contribution is 2.35. The number of hydrogen-bond acceptors (Lipinski definition) is 14. The van der Waals surface area contributed by atoms with Gasteiger partial charge < -0.3 is 36.3 Å². The number of carbonyl (C=O) groups is 6. The Morgan fingerprint density at radius 1 is 0.908 bits per heavy atom. The van der Waals surface area contributed by atoms with Crippen molar-refractivity contribution in [2.75, 3.05) is 56.0 Å². The van der Waals surface area contributed by atoms with Gasteiger partial charge in [0, 0.05) is 138 Å². The number of rotatable bonds is 22. The number of nitrogens with zero attached hydrogens (tertiary/aromatic N) is 5. The predicted molar refractivity (Wildman–Crippen MR) is 300 cm³/mol. The number of aromatic nitrogens is 2. The van der Waals surface area contributed by atoms with Crippen molar-refractivity contribution in [1.29, 1.82) is 5.41 Å². The van der Waals surface area contributed by atoms with Crippen molar-refractivity contribution < 1.29 is 33.9 Å². The van der Waals surface area contributed by atoms with E-state index in [2.05, 4.69) is 30.7 Å². The van der Waals surface area contributed by atoms with E-state index in [0.717, 1.165) is 76.0 Å². The summed E-state index contributed by atoms with van der Waals surface area (Å²) in [6.45, 7) is 19.8. The number of piperazine rings is 1. The summed E-state index contributed by atoms with van der Waals surface area (Å²) in [5, 5.41) is 28.2. The number of aliphatic hydroxyl groups is 1. The zero-order chi connectivity index (χ0) is 54.8. The van der Waals surface area contributed by atoms with E-state index in [0.29, 0.717) is 48.3 Å². The molecular formula is C59H75N9O7S. The Kier molecular flexibility index (Phi) is 19.1. The molecule has 17 heteroatoms. The van der Waals surface area contributed by atoms with E-state index in [1.54, 1.807) is 11.3 Å². The van der Waals surface area contributed by atoms with E-state index in [4.69, 9.17) is 10.4 Å². The predicted octanol–water partition coefficient (Wildman–Crippen LogP) is 8.12. The number of amides is 3. The zero-order valence-electron chi connectivity index (χ0n) is 45.4. The maximum absolute atomic E-state index is 14.2. The number of Topliss-reactive ketones (excluding diaryl/α,β-unsaturated/α-hetero) is 3. The van der Waals surface area contributed by atoms with E-state index in [1.807, 2.05) is 122 Å². The van der Waals surface area contributed by atoms with Gasteiger partial charge in [-0.2, -0.15) is 0 Å². The third-order valence-electron chi connectivity index (χ3n) is 14.6. The number of likely N-dealkylation sites (tertiary alicyclic amines) is 1. The van der Waals surface area contributed by atoms with Crippen molar-refractivity contribution >= 4 is 64.1 Å². The van der Waals surface area contributed by atoms with Gasteiger partial charge in [0.15, 0.2) is 11.6 Å². The number of thiazole rings is 1. The van der Waals surface area contributed by atoms with Crippen molar-refractivity contribution in [3.63, 3.8) is 0 Å². The number of ketones is 3. The number of allylic oxidation sites excluding steroid dienone is 4. The number of aryl methyl sites for hydroxylation is 1. The van der Waals surface area contributed by atoms with Gasteiger partial charge in [-0.15, -0.1) is 11.3 Å². The maximum Gasteiger partial charge on any atom is 0.243 e. The van der Waals surface area contributed by atoms with Crippen LogP contribution < -0.4 is 20.9 Å². The first kappa shape index (κ1) is 57.0. The summed E-state index contributed by atoms with van der Waals surface area (Å²) < 4.78 is 0. The summed E-state index contributed by atoms with van der Waals surface area (Å²) in [7, 11) is 0. The zero-order valence-corrected chi connectivity index (χ0v) is 46.2. The van der Waals surface area contributed by atoms with Gasteiger partial charge in [0.2, 0.25) is 17.7 Å². The molecule has 2 fully saturated rings. The molecule has 3 aliphatic rings. The normalized spacial score (nSPS) is 17.7. The molecule has 1 aliphatic carbocycles. The molecule has 0 spiro atoms. The molecule has 3 atom stereocenters. The molecular weight excluding hydrogens is 979 g/mol. The molecule has 2 saturated heterocycles. The Hall–Kier alpha value is -6.69. The standard InChI is InChI=1S/C59H75N9O7S/c1-36(2)65-50-28-43(27-47(48(50)31-60)52(71)16-15-46-38(4)25-37(3)26-53(46)72)42-13-17-54(62-33-42)67-23-21-66(22-24-67)20-19-61-55(73)18-14-44(69)29-49(59(6,7)8)58(75)68-34-45(70)30-51(68)57(74)63-32-40-9-11-41(12-10-40)56-39(5)64-35-76-56/h9-13,17,25,27-28,31,33,35-36,45,49,51,60,65,70H,14-16,18-24,26,29-30,32,34H2,1-8H3,(H,61,73)(H,63,74)/t45-,49-,51+/m1/s1. The fraction of sp³-hybridized carbons (Fsp3) is 0.475. The minimum atomic E-state index is -0.874. The summed E-state index contributed by atoms with van der Waals surface area (Å²) in [4.78, 5) is 96.9. The number of nitrogens with one attached hydrogen (secondary N) is 4. The molecule has 3 amide bonds. The molecule has 0 radical (unpaired) electrons. The van der Waals surface area contributed by atoms with Crippen LogP contribution in [0, 0.1) is 23.7 Å². The second-order valence-corrected chi connectivity index (χ2v) is 22.8. The van der Waals surface area contributed by atoms with E-state index in [9.17, 15) is 33.9 Å². The first-order chi connectivity index (χ1) is 36.2. The van der Waals surface area contributed by atoms with Gasteiger partial charge in [0.1, 0.15) is 17.6 Å². The molecule has 2 aliphatic heterocycles. The van der Waals surface area contributed by atoms with Crippen LogP contribution in [-0.2, 0) is 30.5 Å². The van der Waals surface area contributed by atoms with Gasteiger partial charge in [-0.25, -0.2) is 9.97 Å². The minimum absolute atomic E-state index is 0.000679. The van der Waals surface area contributed by atoms with Crippen molar-refractivity contribution in [2.45, 2.75) is 125 Å². The Balaban J connectivity index is 0.854. The van der Waals surface area contributed by atoms with Crippen LogP contribution in [0.5, 0.6) is 0 Å². The van der Waals surface area contributed by atoms with Crippen molar-refractivity contribution in [3.05, 3.63) is 105 Å². The fourth-order valence-corrected chi connectivity index (χ4v) is 11.1. The maximum atomic E-state index is 14.2. The van der Waals surface area contributed by atoms with Crippen LogP contribution in [-0.4, -0.2) is 130 Å². The Labute approximate surface area is 451 Å². The Morgan fingerprint density at radius 3 is 2.26 bits per heavy atom. The lowest BCUT2D eigenvalue weighted by Crippen LogP contribution is -2.50. The molecule has 4 aromatic rings. The van der Waals surface area contributed by atoms with Gasteiger partial charge in [0.05, 0.1) is 22.2 Å². The Morgan fingerprint density at radius 2 is 1.63 bits per heavy atom. The third kappa shape index (κ3) is 14.6. The lowest BCUT2D eigenvalue weighted by molar-refractivity contribution is -0.146. The number of aliphatic hydroxyl groups excluding tert-OH is 1. The number of β-amino-alcohol motifs (C(OH)–C–C–N with tert-alkyl or cyclic N) is 1. The average Bonchev–Trinajstić information content (AvgIpc) is 4.01. The SMILES string of the molecule is CC1=CC(C)=C(CCC(=O)c2cc(-c3ccc(N4CCN(CCNC(=O)CCC(=O)C[C@H](C(=O)N5C[C@H](O)C[C@H]5C(=O)NCc5ccc(-c6scnc6C)cc5)C(C)(C)C)CC4)nc3)cc(NC(C)C)c2C=N)C(=O)C1. The number of pyridine rings is 1. The molecule has 2 aromatic carbocycles. The summed E-state index contributed by atoms with van der Waals surface area (Å²) >= 11 is 1.57. The summed E-state index contributed by atoms with van der Waals surface area (Å²) in [5.74, 6) is -1.17. The number of anilines is 2. The Bertz CT molecular complexity index is 2860. The van der Waals surface area contributed by atoms with Crippen LogP contribution in [0.4, 0.5) is 11.5 Å². The van der Waals surface area contributed by atoms with Crippen LogP contribution in [0.15, 0.2) is 83.0 Å². The molecule has 7 rings (SSSR count). The summed E-state index contributed by atoms with van der Waals surface area (Å²) in [6, 6.07) is 14.8. The first-order valence-electron chi connectivity index (χ1n) is 26.5. The van der Waals surface area contributed by atoms with E-state index in [-0.39, 0.29) is 86.3 Å². The minimum Gasteiger partial charge on any atom is -0.391 e. The quantitative estimate of drug-likeness (QED) is 0.0373. The lowest BCUT2D eigenvalue weighted by Gasteiger charge is -2.35. The monoisotopic (exact) mass is 1050 g/mol. The highest BCUT2D eigenvalue weighted by Gasteiger charge is 2.44. The third-order valence-corrected chi connectivity index (χ3v) is 15.6. The largest absolute Gasteiger partial charge is 0.391 e. The van der Waals surface area contributed by atoms with E-state index >= 15 is 0 Å². The van der Waals surface area contributed by atoms with Gasteiger partial charge >= 0.3 is 0 Å². The van der Waals surface area contributed by atoms with Crippen molar-refractivity contribution in [1.82, 2.24) is 30.4 Å². The van der Waals surface area contributed by atoms with E-state index < -0.39 is 23.5 Å². The fourth-order valence-electron chi connectivity index (χ4n) is 10.3. The van der Waals surface area contributed by atoms with Gasteiger partial charge in [-0.05, 0) is 98.6 Å². The van der Waals surface area contributed by atoms with E-state index in [1.165, 1.54) is 11.1 Å². The number of hydrogen-bond donors (Lipinski definition) is 5. The van der Waals surface area contributed by atoms with Crippen LogP contribution in [0.3, 0.4) is 0 Å². The van der Waals surface area contributed by atoms with Crippen LogP contribution >= 0.6 is 11.3 Å². The van der Waals surface area contributed by atoms with Crippen LogP contribution in [0.25, 0.3) is 21.6 Å². The second kappa shape index (κ2) is 25.4. The molecule has 5 N–H and O–H groups in total. The molecule has 0 saturated carbocycles. The van der Waals surface area contributed by atoms with Crippen molar-refractivity contribution in [2.24, 2.45) is 11.3 Å². The molecule has 0 unspecified atom stereocenters. The molecule has 404 valence electrons. The topological polar surface area (TPSA) is 218 Å². The summed E-state index contributed by atoms with van der Waals surface area (Å²) in [5.41, 5.74) is 9.96. The number of benzene rings is 2. The lowest BCUT2D eigenvalue weighted by atomic mass is 9.76. The second-order valence-electron chi connectivity index (χ2n) is 21.9. The molecule has 4 heterocycles. The molecule has 76 heavy (non-hydrogen) atoms. The van der Waals surface area contributed by atoms with Crippen LogP contribution in [0.1, 0.15) is 121 Å². The highest BCUT2D eigenvalue weighted by molar-refractivity contribution is 7.13. The number of carbonyl (C=O) groups excluding carboxylic acids is 6. The van der Waals surface area contributed by atoms with Crippen molar-refractivity contribution in [3.8, 4) is 21.6 Å². The highest BCUT2D eigenvalue weighted by atomic mass is 32.1. The van der Waals surface area contributed by atoms with Gasteiger partial charge in [-0.3, -0.25) is 33.7 Å². The van der Waals surface area contributed by atoms with Gasteiger partial charge in [0.25, 0.3) is 0 Å².